The molecule has 0 bridgehead atoms. The zero-order chi connectivity index (χ0) is 14.1. The van der Waals surface area contributed by atoms with Gasteiger partial charge in [-0.2, -0.15) is 13.2 Å². The Balaban J connectivity index is 3.16. The summed E-state index contributed by atoms with van der Waals surface area (Å²) in [6.45, 7) is 2.55. The summed E-state index contributed by atoms with van der Waals surface area (Å²) in [4.78, 5) is 11.5. The molecular formula is C11H15F3O4. The third-order valence-corrected chi connectivity index (χ3v) is 2.96. The maximum atomic E-state index is 12.9. The van der Waals surface area contributed by atoms with Crippen LogP contribution in [0.15, 0.2) is 11.6 Å². The molecule has 0 fully saturated rings. The van der Waals surface area contributed by atoms with Crippen molar-refractivity contribution in [2.24, 2.45) is 11.8 Å². The molecule has 0 spiro atoms. The topological polar surface area (TPSA) is 66.8 Å². The van der Waals surface area contributed by atoms with Crippen LogP contribution in [-0.4, -0.2) is 41.2 Å². The molecule has 1 aliphatic carbocycles. The highest BCUT2D eigenvalue weighted by Crippen LogP contribution is 2.42. The average molecular weight is 268 g/mol. The predicted octanol–water partition coefficient (Wildman–Crippen LogP) is 1.03. The Bertz CT molecular complexity index is 351. The van der Waals surface area contributed by atoms with Crippen LogP contribution in [0.1, 0.15) is 13.8 Å². The molecule has 1 rings (SSSR count). The first-order valence-corrected chi connectivity index (χ1v) is 5.51. The Morgan fingerprint density at radius 2 is 2.00 bits per heavy atom. The molecule has 0 radical (unpaired) electrons. The van der Waals surface area contributed by atoms with Crippen molar-refractivity contribution in [2.45, 2.75) is 32.2 Å². The second kappa shape index (κ2) is 5.27. The summed E-state index contributed by atoms with van der Waals surface area (Å²) in [7, 11) is 0. The lowest BCUT2D eigenvalue weighted by atomic mass is 9.76. The van der Waals surface area contributed by atoms with Crippen LogP contribution in [0.3, 0.4) is 0 Å². The van der Waals surface area contributed by atoms with Crippen molar-refractivity contribution in [3.63, 3.8) is 0 Å². The minimum Gasteiger partial charge on any atom is -0.463 e. The number of esters is 1. The van der Waals surface area contributed by atoms with Gasteiger partial charge in [0.1, 0.15) is 0 Å². The number of aliphatic hydroxyl groups excluding tert-OH is 2. The molecule has 4 atom stereocenters. The Morgan fingerprint density at radius 1 is 1.44 bits per heavy atom. The van der Waals surface area contributed by atoms with Crippen LogP contribution in [0, 0.1) is 11.8 Å². The minimum absolute atomic E-state index is 0.0617. The maximum Gasteiger partial charge on any atom is 0.396 e. The summed E-state index contributed by atoms with van der Waals surface area (Å²) in [5.74, 6) is -4.56. The molecule has 0 amide bonds. The highest BCUT2D eigenvalue weighted by molar-refractivity contribution is 5.89. The van der Waals surface area contributed by atoms with E-state index in [2.05, 4.69) is 4.74 Å². The summed E-state index contributed by atoms with van der Waals surface area (Å²) >= 11 is 0. The van der Waals surface area contributed by atoms with E-state index in [-0.39, 0.29) is 6.61 Å². The fraction of sp³-hybridized carbons (Fsp3) is 0.727. The summed E-state index contributed by atoms with van der Waals surface area (Å²) in [6.07, 6.45) is -7.02. The predicted molar refractivity (Wildman–Crippen MR) is 55.4 cm³/mol. The molecule has 0 aromatic carbocycles. The van der Waals surface area contributed by atoms with Crippen molar-refractivity contribution in [3.8, 4) is 0 Å². The number of carbonyl (C=O) groups is 1. The van der Waals surface area contributed by atoms with Gasteiger partial charge >= 0.3 is 12.1 Å². The van der Waals surface area contributed by atoms with Crippen molar-refractivity contribution in [1.82, 2.24) is 0 Å². The Labute approximate surface area is 102 Å². The first-order chi connectivity index (χ1) is 8.20. The molecule has 1 aliphatic rings. The third kappa shape index (κ3) is 2.84. The molecule has 2 N–H and O–H groups in total. The molecule has 0 saturated heterocycles. The molecular weight excluding hydrogens is 253 g/mol. The summed E-state index contributed by atoms with van der Waals surface area (Å²) in [5.41, 5.74) is -0.644. The SMILES string of the molecule is CCOC(=O)C1=C[C@@H](O)[C@@H](O)C(C)[C@H]1C(F)(F)F. The summed E-state index contributed by atoms with van der Waals surface area (Å²) in [5, 5.41) is 18.9. The molecule has 7 heteroatoms. The highest BCUT2D eigenvalue weighted by atomic mass is 19.4. The van der Waals surface area contributed by atoms with Crippen molar-refractivity contribution in [1.29, 1.82) is 0 Å². The van der Waals surface area contributed by atoms with Gasteiger partial charge in [-0.15, -0.1) is 0 Å². The zero-order valence-corrected chi connectivity index (χ0v) is 9.94. The van der Waals surface area contributed by atoms with Crippen molar-refractivity contribution in [2.75, 3.05) is 6.61 Å². The molecule has 104 valence electrons. The molecule has 18 heavy (non-hydrogen) atoms. The number of halogens is 3. The first kappa shape index (κ1) is 15.0. The van der Waals surface area contributed by atoms with E-state index in [1.165, 1.54) is 6.92 Å². The number of aliphatic hydroxyl groups is 2. The molecule has 0 heterocycles. The molecule has 0 saturated carbocycles. The van der Waals surface area contributed by atoms with Gasteiger partial charge in [0, 0.05) is 11.5 Å². The van der Waals surface area contributed by atoms with E-state index < -0.39 is 41.8 Å². The van der Waals surface area contributed by atoms with E-state index in [1.54, 1.807) is 0 Å². The minimum atomic E-state index is -4.68. The maximum absolute atomic E-state index is 12.9. The second-order valence-corrected chi connectivity index (χ2v) is 4.20. The highest BCUT2D eigenvalue weighted by Gasteiger charge is 2.52. The van der Waals surface area contributed by atoms with E-state index in [9.17, 15) is 28.2 Å². The Hall–Kier alpha value is -1.08. The van der Waals surface area contributed by atoms with Gasteiger partial charge in [0.15, 0.2) is 0 Å². The molecule has 0 aromatic heterocycles. The van der Waals surface area contributed by atoms with Crippen molar-refractivity contribution < 1.29 is 32.9 Å². The van der Waals surface area contributed by atoms with Crippen LogP contribution in [0.2, 0.25) is 0 Å². The van der Waals surface area contributed by atoms with Crippen LogP contribution in [-0.2, 0) is 9.53 Å². The molecule has 1 unspecified atom stereocenters. The van der Waals surface area contributed by atoms with Gasteiger partial charge in [-0.3, -0.25) is 0 Å². The van der Waals surface area contributed by atoms with Gasteiger partial charge in [-0.05, 0) is 13.0 Å². The Morgan fingerprint density at radius 3 is 2.44 bits per heavy atom. The fourth-order valence-corrected chi connectivity index (χ4v) is 2.06. The van der Waals surface area contributed by atoms with Crippen LogP contribution in [0.25, 0.3) is 0 Å². The summed E-state index contributed by atoms with van der Waals surface area (Å²) < 4.78 is 43.2. The van der Waals surface area contributed by atoms with Crippen LogP contribution < -0.4 is 0 Å². The number of hydrogen-bond donors (Lipinski definition) is 2. The standard InChI is InChI=1S/C11H15F3O4/c1-3-18-10(17)6-4-7(15)9(16)5(2)8(6)11(12,13)14/h4-5,7-9,15-16H,3H2,1-2H3/t5?,7-,8-,9+/m1/s1. The van der Waals surface area contributed by atoms with Gasteiger partial charge < -0.3 is 14.9 Å². The second-order valence-electron chi connectivity index (χ2n) is 4.20. The summed E-state index contributed by atoms with van der Waals surface area (Å²) in [6, 6.07) is 0. The normalized spacial score (nSPS) is 32.9. The quantitative estimate of drug-likeness (QED) is 0.734. The van der Waals surface area contributed by atoms with Gasteiger partial charge in [-0.1, -0.05) is 6.92 Å². The average Bonchev–Trinajstić information content (AvgIpc) is 2.23. The lowest BCUT2D eigenvalue weighted by Crippen LogP contribution is -2.47. The monoisotopic (exact) mass is 268 g/mol. The molecule has 4 nitrogen and oxygen atoms in total. The lowest BCUT2D eigenvalue weighted by Gasteiger charge is -2.36. The largest absolute Gasteiger partial charge is 0.463 e. The van der Waals surface area contributed by atoms with Crippen LogP contribution >= 0.6 is 0 Å². The zero-order valence-electron chi connectivity index (χ0n) is 9.94. The van der Waals surface area contributed by atoms with Crippen molar-refractivity contribution >= 4 is 5.97 Å². The van der Waals surface area contributed by atoms with E-state index in [0.29, 0.717) is 0 Å². The lowest BCUT2D eigenvalue weighted by molar-refractivity contribution is -0.196. The van der Waals surface area contributed by atoms with Crippen LogP contribution in [0.4, 0.5) is 13.2 Å². The van der Waals surface area contributed by atoms with Gasteiger partial charge in [0.05, 0.1) is 24.7 Å². The van der Waals surface area contributed by atoms with Gasteiger partial charge in [0.2, 0.25) is 0 Å². The fourth-order valence-electron chi connectivity index (χ4n) is 2.06. The number of rotatable bonds is 2. The van der Waals surface area contributed by atoms with Gasteiger partial charge in [0.25, 0.3) is 0 Å². The number of hydrogen-bond acceptors (Lipinski definition) is 4. The smallest absolute Gasteiger partial charge is 0.396 e. The number of alkyl halides is 3. The van der Waals surface area contributed by atoms with Crippen molar-refractivity contribution in [3.05, 3.63) is 11.6 Å². The van der Waals surface area contributed by atoms with E-state index >= 15 is 0 Å². The van der Waals surface area contributed by atoms with E-state index in [1.807, 2.05) is 0 Å². The van der Waals surface area contributed by atoms with Crippen LogP contribution in [0.5, 0.6) is 0 Å². The van der Waals surface area contributed by atoms with Gasteiger partial charge in [-0.25, -0.2) is 4.79 Å². The third-order valence-electron chi connectivity index (χ3n) is 2.96. The molecule has 0 aromatic rings. The first-order valence-electron chi connectivity index (χ1n) is 5.51. The number of carbonyl (C=O) groups excluding carboxylic acids is 1. The number of ether oxygens (including phenoxy) is 1. The van der Waals surface area contributed by atoms with E-state index in [0.717, 1.165) is 13.0 Å². The molecule has 0 aliphatic heterocycles. The Kier molecular flexibility index (Phi) is 4.39. The van der Waals surface area contributed by atoms with E-state index in [4.69, 9.17) is 0 Å².